The number of aryl methyl sites for hydroxylation is 1. The van der Waals surface area contributed by atoms with Crippen molar-refractivity contribution in [1.82, 2.24) is 5.43 Å². The van der Waals surface area contributed by atoms with Crippen molar-refractivity contribution < 1.29 is 9.13 Å². The van der Waals surface area contributed by atoms with Gasteiger partial charge in [0.15, 0.2) is 0 Å². The van der Waals surface area contributed by atoms with Crippen molar-refractivity contribution in [3.05, 3.63) is 35.1 Å². The van der Waals surface area contributed by atoms with Gasteiger partial charge in [-0.3, -0.25) is 11.3 Å². The van der Waals surface area contributed by atoms with Crippen LogP contribution in [0.2, 0.25) is 0 Å². The van der Waals surface area contributed by atoms with Gasteiger partial charge in [-0.2, -0.15) is 0 Å². The molecule has 0 bridgehead atoms. The van der Waals surface area contributed by atoms with Gasteiger partial charge in [0, 0.05) is 6.61 Å². The molecule has 17 heavy (non-hydrogen) atoms. The van der Waals surface area contributed by atoms with Crippen LogP contribution in [0.1, 0.15) is 36.4 Å². The summed E-state index contributed by atoms with van der Waals surface area (Å²) < 4.78 is 18.8. The van der Waals surface area contributed by atoms with Crippen molar-refractivity contribution in [3.63, 3.8) is 0 Å². The zero-order valence-corrected chi connectivity index (χ0v) is 10.1. The monoisotopic (exact) mass is 238 g/mol. The smallest absolute Gasteiger partial charge is 0.123 e. The number of rotatable bonds is 3. The Labute approximate surface area is 101 Å². The van der Waals surface area contributed by atoms with Gasteiger partial charge in [0.25, 0.3) is 0 Å². The predicted octanol–water partition coefficient (Wildman–Crippen LogP) is 2.21. The Bertz CT molecular complexity index is 378. The molecule has 1 aliphatic heterocycles. The SMILES string of the molecule is Cc1cc(F)ccc1C(NN)C1CCCCO1. The van der Waals surface area contributed by atoms with Crippen LogP contribution in [0.3, 0.4) is 0 Å². The van der Waals surface area contributed by atoms with Crippen LogP contribution in [0.15, 0.2) is 18.2 Å². The molecule has 0 radical (unpaired) electrons. The highest BCUT2D eigenvalue weighted by atomic mass is 19.1. The second-order valence-corrected chi connectivity index (χ2v) is 4.55. The maximum Gasteiger partial charge on any atom is 0.123 e. The van der Waals surface area contributed by atoms with Crippen molar-refractivity contribution in [2.75, 3.05) is 6.61 Å². The van der Waals surface area contributed by atoms with Gasteiger partial charge in [-0.25, -0.2) is 4.39 Å². The average molecular weight is 238 g/mol. The van der Waals surface area contributed by atoms with Crippen molar-refractivity contribution in [3.8, 4) is 0 Å². The lowest BCUT2D eigenvalue weighted by Crippen LogP contribution is -2.39. The molecule has 1 aliphatic rings. The molecule has 1 saturated heterocycles. The van der Waals surface area contributed by atoms with E-state index in [1.54, 1.807) is 6.07 Å². The highest BCUT2D eigenvalue weighted by molar-refractivity contribution is 5.30. The summed E-state index contributed by atoms with van der Waals surface area (Å²) in [5, 5.41) is 0. The maximum absolute atomic E-state index is 13.1. The zero-order valence-electron chi connectivity index (χ0n) is 10.1. The first-order chi connectivity index (χ1) is 8.22. The van der Waals surface area contributed by atoms with Crippen LogP contribution in [0.4, 0.5) is 4.39 Å². The van der Waals surface area contributed by atoms with Gasteiger partial charge < -0.3 is 4.74 Å². The molecular formula is C13H19FN2O. The summed E-state index contributed by atoms with van der Waals surface area (Å²) >= 11 is 0. The van der Waals surface area contributed by atoms with Gasteiger partial charge in [-0.1, -0.05) is 6.07 Å². The van der Waals surface area contributed by atoms with Gasteiger partial charge in [-0.15, -0.1) is 0 Å². The number of halogens is 1. The van der Waals surface area contributed by atoms with Crippen molar-refractivity contribution in [1.29, 1.82) is 0 Å². The van der Waals surface area contributed by atoms with Gasteiger partial charge in [0.05, 0.1) is 12.1 Å². The van der Waals surface area contributed by atoms with Crippen LogP contribution in [-0.2, 0) is 4.74 Å². The number of nitrogens with two attached hydrogens (primary N) is 1. The third-order valence-electron chi connectivity index (χ3n) is 3.33. The maximum atomic E-state index is 13.1. The first-order valence-corrected chi connectivity index (χ1v) is 6.06. The van der Waals surface area contributed by atoms with Crippen LogP contribution < -0.4 is 11.3 Å². The molecule has 1 aromatic carbocycles. The van der Waals surface area contributed by atoms with E-state index in [2.05, 4.69) is 5.43 Å². The Morgan fingerprint density at radius 3 is 2.88 bits per heavy atom. The van der Waals surface area contributed by atoms with E-state index in [1.807, 2.05) is 6.92 Å². The molecule has 2 atom stereocenters. The lowest BCUT2D eigenvalue weighted by atomic mass is 9.93. The summed E-state index contributed by atoms with van der Waals surface area (Å²) in [5.41, 5.74) is 4.72. The number of nitrogens with one attached hydrogen (secondary N) is 1. The molecule has 2 rings (SSSR count). The van der Waals surface area contributed by atoms with E-state index in [0.29, 0.717) is 0 Å². The normalized spacial score (nSPS) is 22.4. The van der Waals surface area contributed by atoms with E-state index in [4.69, 9.17) is 10.6 Å². The number of benzene rings is 1. The summed E-state index contributed by atoms with van der Waals surface area (Å²) in [7, 11) is 0. The number of hydrogen-bond donors (Lipinski definition) is 2. The van der Waals surface area contributed by atoms with Crippen LogP contribution in [0.25, 0.3) is 0 Å². The molecule has 0 amide bonds. The molecule has 3 nitrogen and oxygen atoms in total. The summed E-state index contributed by atoms with van der Waals surface area (Å²) in [5.74, 6) is 5.40. The Morgan fingerprint density at radius 2 is 2.29 bits per heavy atom. The molecule has 0 aliphatic carbocycles. The van der Waals surface area contributed by atoms with Gasteiger partial charge in [0.1, 0.15) is 5.82 Å². The summed E-state index contributed by atoms with van der Waals surface area (Å²) in [6.45, 7) is 2.68. The third kappa shape index (κ3) is 2.83. The minimum absolute atomic E-state index is 0.0594. The molecule has 0 aromatic heterocycles. The quantitative estimate of drug-likeness (QED) is 0.627. The molecule has 0 saturated carbocycles. The molecule has 1 aromatic rings. The predicted molar refractivity (Wildman–Crippen MR) is 64.8 cm³/mol. The van der Waals surface area contributed by atoms with Gasteiger partial charge >= 0.3 is 0 Å². The first-order valence-electron chi connectivity index (χ1n) is 6.06. The van der Waals surface area contributed by atoms with Crippen molar-refractivity contribution >= 4 is 0 Å². The van der Waals surface area contributed by atoms with E-state index in [-0.39, 0.29) is 18.0 Å². The van der Waals surface area contributed by atoms with Gasteiger partial charge in [0.2, 0.25) is 0 Å². The lowest BCUT2D eigenvalue weighted by molar-refractivity contribution is -0.00836. The molecular weight excluding hydrogens is 219 g/mol. The molecule has 3 N–H and O–H groups in total. The molecule has 4 heteroatoms. The lowest BCUT2D eigenvalue weighted by Gasteiger charge is -2.31. The summed E-state index contributed by atoms with van der Waals surface area (Å²) in [6, 6.07) is 4.72. The summed E-state index contributed by atoms with van der Waals surface area (Å²) in [6.07, 6.45) is 3.34. The Morgan fingerprint density at radius 1 is 1.47 bits per heavy atom. The molecule has 1 fully saturated rings. The standard InChI is InChI=1S/C13H19FN2O/c1-9-8-10(14)5-6-11(9)13(16-15)12-4-2-3-7-17-12/h5-6,8,12-13,16H,2-4,7,15H2,1H3. The van der Waals surface area contributed by atoms with E-state index >= 15 is 0 Å². The Kier molecular flexibility index (Phi) is 4.10. The van der Waals surface area contributed by atoms with Crippen LogP contribution in [0.5, 0.6) is 0 Å². The number of ether oxygens (including phenoxy) is 1. The second kappa shape index (κ2) is 5.58. The summed E-state index contributed by atoms with van der Waals surface area (Å²) in [4.78, 5) is 0. The topological polar surface area (TPSA) is 47.3 Å². The molecule has 2 unspecified atom stereocenters. The Balaban J connectivity index is 2.21. The fraction of sp³-hybridized carbons (Fsp3) is 0.538. The fourth-order valence-electron chi connectivity index (χ4n) is 2.41. The molecule has 0 spiro atoms. The van der Waals surface area contributed by atoms with Gasteiger partial charge in [-0.05, 0) is 49.4 Å². The number of hydrazine groups is 1. The van der Waals surface area contributed by atoms with Crippen LogP contribution >= 0.6 is 0 Å². The third-order valence-corrected chi connectivity index (χ3v) is 3.33. The van der Waals surface area contributed by atoms with E-state index in [0.717, 1.165) is 37.0 Å². The molecule has 94 valence electrons. The van der Waals surface area contributed by atoms with Crippen LogP contribution in [0, 0.1) is 12.7 Å². The minimum atomic E-state index is -0.216. The second-order valence-electron chi connectivity index (χ2n) is 4.55. The Hall–Kier alpha value is -0.970. The highest BCUT2D eigenvalue weighted by Gasteiger charge is 2.26. The van der Waals surface area contributed by atoms with E-state index in [1.165, 1.54) is 12.1 Å². The average Bonchev–Trinajstić information content (AvgIpc) is 2.34. The van der Waals surface area contributed by atoms with Crippen LogP contribution in [-0.4, -0.2) is 12.7 Å². The largest absolute Gasteiger partial charge is 0.376 e. The fourth-order valence-corrected chi connectivity index (χ4v) is 2.41. The minimum Gasteiger partial charge on any atom is -0.376 e. The van der Waals surface area contributed by atoms with Crippen molar-refractivity contribution in [2.45, 2.75) is 38.3 Å². The number of hydrogen-bond acceptors (Lipinski definition) is 3. The van der Waals surface area contributed by atoms with Crippen molar-refractivity contribution in [2.24, 2.45) is 5.84 Å². The molecule has 1 heterocycles. The van der Waals surface area contributed by atoms with E-state index in [9.17, 15) is 4.39 Å². The van der Waals surface area contributed by atoms with E-state index < -0.39 is 0 Å². The first kappa shape index (κ1) is 12.5. The highest BCUT2D eigenvalue weighted by Crippen LogP contribution is 2.28. The zero-order chi connectivity index (χ0) is 12.3.